The number of rotatable bonds is 3. The molecular formula is C16H21NO3S. The van der Waals surface area contributed by atoms with E-state index < -0.39 is 5.97 Å². The molecule has 5 heteroatoms. The molecule has 1 N–H and O–H groups in total. The zero-order chi connectivity index (χ0) is 15.0. The number of fused-ring (bicyclic) bond motifs is 1. The summed E-state index contributed by atoms with van der Waals surface area (Å²) in [7, 11) is 0. The number of carboxylic acid groups (broad SMARTS) is 1. The van der Waals surface area contributed by atoms with Gasteiger partial charge in [-0.2, -0.15) is 0 Å². The van der Waals surface area contributed by atoms with E-state index >= 15 is 0 Å². The Morgan fingerprint density at radius 3 is 3.00 bits per heavy atom. The third-order valence-electron chi connectivity index (χ3n) is 4.59. The number of carbonyl (C=O) groups excluding carboxylic acids is 1. The number of carbonyl (C=O) groups is 2. The number of carboxylic acids is 1. The van der Waals surface area contributed by atoms with E-state index in [9.17, 15) is 9.59 Å². The van der Waals surface area contributed by atoms with E-state index in [0.29, 0.717) is 12.5 Å². The Morgan fingerprint density at radius 2 is 2.24 bits per heavy atom. The summed E-state index contributed by atoms with van der Waals surface area (Å²) >= 11 is 1.61. The predicted molar refractivity (Wildman–Crippen MR) is 81.8 cm³/mol. The van der Waals surface area contributed by atoms with Crippen LogP contribution in [-0.4, -0.2) is 34.5 Å². The fourth-order valence-electron chi connectivity index (χ4n) is 3.47. The third kappa shape index (κ3) is 2.98. The molecule has 3 rings (SSSR count). The zero-order valence-corrected chi connectivity index (χ0v) is 13.1. The summed E-state index contributed by atoms with van der Waals surface area (Å²) in [6.45, 7) is 2.95. The van der Waals surface area contributed by atoms with Crippen LogP contribution in [0.4, 0.5) is 0 Å². The highest BCUT2D eigenvalue weighted by Crippen LogP contribution is 2.34. The van der Waals surface area contributed by atoms with Gasteiger partial charge >= 0.3 is 5.97 Å². The molecular weight excluding hydrogens is 286 g/mol. The number of amides is 1. The van der Waals surface area contributed by atoms with E-state index in [-0.39, 0.29) is 18.4 Å². The summed E-state index contributed by atoms with van der Waals surface area (Å²) in [5.41, 5.74) is 1.33. The first-order valence-electron chi connectivity index (χ1n) is 7.69. The molecule has 1 amide bonds. The molecule has 1 aliphatic heterocycles. The van der Waals surface area contributed by atoms with Crippen LogP contribution in [0, 0.1) is 5.92 Å². The van der Waals surface area contributed by atoms with Crippen molar-refractivity contribution in [1.82, 2.24) is 4.90 Å². The molecule has 1 aliphatic carbocycles. The van der Waals surface area contributed by atoms with Gasteiger partial charge < -0.3 is 10.0 Å². The van der Waals surface area contributed by atoms with Gasteiger partial charge in [0.15, 0.2) is 0 Å². The second-order valence-corrected chi connectivity index (χ2v) is 7.44. The van der Waals surface area contributed by atoms with Crippen LogP contribution in [0.5, 0.6) is 0 Å². The van der Waals surface area contributed by atoms with Crippen molar-refractivity contribution in [2.75, 3.05) is 6.54 Å². The van der Waals surface area contributed by atoms with Crippen LogP contribution >= 0.6 is 11.3 Å². The number of nitrogens with zero attached hydrogens (tertiary/aromatic N) is 1. The molecule has 0 bridgehead atoms. The first-order chi connectivity index (χ1) is 10.0. The Hall–Kier alpha value is -1.36. The van der Waals surface area contributed by atoms with Gasteiger partial charge in [-0.05, 0) is 49.7 Å². The molecule has 21 heavy (non-hydrogen) atoms. The Bertz CT molecular complexity index is 566. The number of aliphatic carboxylic acids is 1. The lowest BCUT2D eigenvalue weighted by molar-refractivity contribution is -0.137. The van der Waals surface area contributed by atoms with Crippen LogP contribution in [0.15, 0.2) is 6.07 Å². The fourth-order valence-corrected chi connectivity index (χ4v) is 4.63. The summed E-state index contributed by atoms with van der Waals surface area (Å²) in [5, 5.41) is 8.97. The molecule has 0 radical (unpaired) electrons. The fraction of sp³-hybridized carbons (Fsp3) is 0.625. The van der Waals surface area contributed by atoms with Crippen molar-refractivity contribution in [1.29, 1.82) is 0 Å². The van der Waals surface area contributed by atoms with E-state index in [1.807, 2.05) is 6.07 Å². The number of hydrogen-bond donors (Lipinski definition) is 1. The number of hydrogen-bond acceptors (Lipinski definition) is 3. The lowest BCUT2D eigenvalue weighted by Gasteiger charge is -2.22. The van der Waals surface area contributed by atoms with Gasteiger partial charge in [0.05, 0.1) is 11.3 Å². The molecule has 1 saturated heterocycles. The minimum Gasteiger partial charge on any atom is -0.481 e. The molecule has 0 spiro atoms. The largest absolute Gasteiger partial charge is 0.481 e. The van der Waals surface area contributed by atoms with Gasteiger partial charge in [-0.3, -0.25) is 9.59 Å². The van der Waals surface area contributed by atoms with Gasteiger partial charge in [-0.1, -0.05) is 6.92 Å². The standard InChI is InChI=1S/C16H21NO3S/c1-10-4-5-13-11(7-10)8-14(21-13)16(20)17-6-2-3-12(17)9-15(18)19/h8,10,12H,2-7,9H2,1H3,(H,18,19). The van der Waals surface area contributed by atoms with Crippen LogP contribution in [0.25, 0.3) is 0 Å². The first kappa shape index (κ1) is 14.6. The van der Waals surface area contributed by atoms with Crippen LogP contribution in [-0.2, 0) is 17.6 Å². The maximum atomic E-state index is 12.7. The molecule has 2 aliphatic rings. The highest BCUT2D eigenvalue weighted by atomic mass is 32.1. The van der Waals surface area contributed by atoms with E-state index in [0.717, 1.165) is 30.6 Å². The molecule has 2 atom stereocenters. The molecule has 1 aromatic rings. The van der Waals surface area contributed by atoms with Crippen LogP contribution in [0.2, 0.25) is 0 Å². The highest BCUT2D eigenvalue weighted by molar-refractivity contribution is 7.14. The topological polar surface area (TPSA) is 57.6 Å². The smallest absolute Gasteiger partial charge is 0.305 e. The Labute approximate surface area is 128 Å². The summed E-state index contributed by atoms with van der Waals surface area (Å²) in [6, 6.07) is 1.92. The zero-order valence-electron chi connectivity index (χ0n) is 12.3. The Balaban J connectivity index is 1.77. The van der Waals surface area contributed by atoms with Gasteiger partial charge in [0.25, 0.3) is 5.91 Å². The second-order valence-electron chi connectivity index (χ2n) is 6.30. The molecule has 1 aromatic heterocycles. The average molecular weight is 307 g/mol. The van der Waals surface area contributed by atoms with E-state index in [4.69, 9.17) is 5.11 Å². The predicted octanol–water partition coefficient (Wildman–Crippen LogP) is 2.95. The molecule has 2 heterocycles. The number of aryl methyl sites for hydroxylation is 1. The molecule has 0 saturated carbocycles. The average Bonchev–Trinajstić information content (AvgIpc) is 3.03. The summed E-state index contributed by atoms with van der Waals surface area (Å²) in [4.78, 5) is 27.5. The van der Waals surface area contributed by atoms with Crippen molar-refractivity contribution >= 4 is 23.2 Å². The van der Waals surface area contributed by atoms with Gasteiger partial charge in [-0.15, -0.1) is 11.3 Å². The Kier molecular flexibility index (Phi) is 4.02. The van der Waals surface area contributed by atoms with Crippen LogP contribution < -0.4 is 0 Å². The molecule has 114 valence electrons. The van der Waals surface area contributed by atoms with Gasteiger partial charge in [0.2, 0.25) is 0 Å². The second kappa shape index (κ2) is 5.79. The van der Waals surface area contributed by atoms with E-state index in [1.165, 1.54) is 16.9 Å². The SMILES string of the molecule is CC1CCc2sc(C(=O)N3CCCC3CC(=O)O)cc2C1. The monoisotopic (exact) mass is 307 g/mol. The van der Waals surface area contributed by atoms with Crippen LogP contribution in [0.1, 0.15) is 52.7 Å². The minimum atomic E-state index is -0.820. The summed E-state index contributed by atoms with van der Waals surface area (Å²) in [6.07, 6.45) is 5.12. The van der Waals surface area contributed by atoms with Crippen LogP contribution in [0.3, 0.4) is 0 Å². The first-order valence-corrected chi connectivity index (χ1v) is 8.50. The normalized spacial score (nSPS) is 24.9. The van der Waals surface area contributed by atoms with Crippen molar-refractivity contribution in [3.63, 3.8) is 0 Å². The molecule has 1 fully saturated rings. The van der Waals surface area contributed by atoms with Crippen molar-refractivity contribution in [2.45, 2.75) is 51.5 Å². The quantitative estimate of drug-likeness (QED) is 0.934. The molecule has 4 nitrogen and oxygen atoms in total. The van der Waals surface area contributed by atoms with Gasteiger partial charge in [0, 0.05) is 17.5 Å². The maximum Gasteiger partial charge on any atom is 0.305 e. The molecule has 0 aromatic carbocycles. The van der Waals surface area contributed by atoms with E-state index in [1.54, 1.807) is 16.2 Å². The lowest BCUT2D eigenvalue weighted by Crippen LogP contribution is -2.36. The minimum absolute atomic E-state index is 0.0332. The van der Waals surface area contributed by atoms with Gasteiger partial charge in [-0.25, -0.2) is 0 Å². The maximum absolute atomic E-state index is 12.7. The summed E-state index contributed by atoms with van der Waals surface area (Å²) in [5.74, 6) is -0.0913. The van der Waals surface area contributed by atoms with Crippen molar-refractivity contribution in [3.05, 3.63) is 21.4 Å². The number of likely N-dealkylation sites (tertiary alicyclic amines) is 1. The lowest BCUT2D eigenvalue weighted by atomic mass is 9.90. The van der Waals surface area contributed by atoms with E-state index in [2.05, 4.69) is 6.92 Å². The number of thiophene rings is 1. The Morgan fingerprint density at radius 1 is 1.43 bits per heavy atom. The van der Waals surface area contributed by atoms with Crippen molar-refractivity contribution in [3.8, 4) is 0 Å². The van der Waals surface area contributed by atoms with Crippen molar-refractivity contribution < 1.29 is 14.7 Å². The third-order valence-corrected chi connectivity index (χ3v) is 5.81. The summed E-state index contributed by atoms with van der Waals surface area (Å²) < 4.78 is 0. The van der Waals surface area contributed by atoms with Gasteiger partial charge in [0.1, 0.15) is 0 Å². The molecule has 2 unspecified atom stereocenters. The van der Waals surface area contributed by atoms with Crippen molar-refractivity contribution in [2.24, 2.45) is 5.92 Å². The highest BCUT2D eigenvalue weighted by Gasteiger charge is 2.32.